The van der Waals surface area contributed by atoms with Gasteiger partial charge in [0, 0.05) is 12.8 Å². The van der Waals surface area contributed by atoms with E-state index in [0.29, 0.717) is 25.9 Å². The summed E-state index contributed by atoms with van der Waals surface area (Å²) in [7, 11) is 0. The quantitative estimate of drug-likeness (QED) is 0.0322. The largest absolute Gasteiger partial charge is 0.466 e. The van der Waals surface area contributed by atoms with E-state index < -0.39 is 12.1 Å². The van der Waals surface area contributed by atoms with Gasteiger partial charge in [0.05, 0.1) is 25.4 Å². The third-order valence-corrected chi connectivity index (χ3v) is 12.0. The summed E-state index contributed by atoms with van der Waals surface area (Å²) in [4.78, 5) is 24.5. The van der Waals surface area contributed by atoms with Crippen molar-refractivity contribution in [1.29, 1.82) is 0 Å². The topological polar surface area (TPSA) is 95.9 Å². The van der Waals surface area contributed by atoms with Crippen LogP contribution in [0.4, 0.5) is 0 Å². The lowest BCUT2D eigenvalue weighted by Gasteiger charge is -2.22. The summed E-state index contributed by atoms with van der Waals surface area (Å²) in [5.41, 5.74) is 0. The molecule has 348 valence electrons. The molecule has 2 atom stereocenters. The molecule has 1 amide bonds. The van der Waals surface area contributed by atoms with Crippen LogP contribution in [0.5, 0.6) is 0 Å². The molecular formula is C53H101NO5. The maximum Gasteiger partial charge on any atom is 0.305 e. The third kappa shape index (κ3) is 45.7. The number of esters is 1. The summed E-state index contributed by atoms with van der Waals surface area (Å²) in [6, 6.07) is -0.556. The smallest absolute Gasteiger partial charge is 0.305 e. The fourth-order valence-electron chi connectivity index (χ4n) is 7.97. The van der Waals surface area contributed by atoms with Gasteiger partial charge in [-0.1, -0.05) is 237 Å². The van der Waals surface area contributed by atoms with Crippen molar-refractivity contribution in [2.45, 2.75) is 289 Å². The minimum absolute atomic E-state index is 0.0287. The molecule has 0 heterocycles. The van der Waals surface area contributed by atoms with Gasteiger partial charge in [0.25, 0.3) is 0 Å². The number of unbranched alkanes of at least 4 members (excludes halogenated alkanes) is 33. The number of ether oxygens (including phenoxy) is 1. The van der Waals surface area contributed by atoms with Crippen LogP contribution in [-0.4, -0.2) is 47.4 Å². The number of hydrogen-bond donors (Lipinski definition) is 3. The van der Waals surface area contributed by atoms with Crippen molar-refractivity contribution in [2.24, 2.45) is 0 Å². The fraction of sp³-hybridized carbons (Fsp3) is 0.887. The first-order chi connectivity index (χ1) is 29.0. The highest BCUT2D eigenvalue weighted by atomic mass is 16.5. The summed E-state index contributed by atoms with van der Waals surface area (Å²) >= 11 is 0. The number of aliphatic hydroxyl groups excluding tert-OH is 2. The second kappa shape index (κ2) is 49.0. The molecule has 0 rings (SSSR count). The SMILES string of the molecule is CCC/C=C\C/C=C\CCCCCCCC(=O)OCCCCCCCCCCCCCC(=O)NC(CO)C(O)CCCCCCCCCCCCCCCCCCCC. The normalized spacial score (nSPS) is 12.8. The van der Waals surface area contributed by atoms with Gasteiger partial charge in [-0.3, -0.25) is 9.59 Å². The first-order valence-electron chi connectivity index (χ1n) is 26.1. The summed E-state index contributed by atoms with van der Waals surface area (Å²) in [6.07, 6.45) is 57.1. The van der Waals surface area contributed by atoms with E-state index in [0.717, 1.165) is 70.6 Å². The number of amides is 1. The Kier molecular flexibility index (Phi) is 47.6. The van der Waals surface area contributed by atoms with Gasteiger partial charge >= 0.3 is 5.97 Å². The Morgan fingerprint density at radius 3 is 1.36 bits per heavy atom. The maximum atomic E-state index is 12.5. The highest BCUT2D eigenvalue weighted by Crippen LogP contribution is 2.17. The zero-order chi connectivity index (χ0) is 43.0. The van der Waals surface area contributed by atoms with Crippen molar-refractivity contribution < 1.29 is 24.5 Å². The average Bonchev–Trinajstić information content (AvgIpc) is 3.24. The van der Waals surface area contributed by atoms with Crippen LogP contribution >= 0.6 is 0 Å². The molecule has 0 spiro atoms. The number of nitrogens with one attached hydrogen (secondary N) is 1. The fourth-order valence-corrected chi connectivity index (χ4v) is 7.97. The predicted molar refractivity (Wildman–Crippen MR) is 255 cm³/mol. The Bertz CT molecular complexity index is 920. The molecule has 0 saturated carbocycles. The highest BCUT2D eigenvalue weighted by Gasteiger charge is 2.20. The third-order valence-electron chi connectivity index (χ3n) is 12.0. The summed E-state index contributed by atoms with van der Waals surface area (Å²) in [5, 5.41) is 23.3. The zero-order valence-electron chi connectivity index (χ0n) is 39.5. The zero-order valence-corrected chi connectivity index (χ0v) is 39.5. The van der Waals surface area contributed by atoms with Crippen molar-refractivity contribution in [2.75, 3.05) is 13.2 Å². The monoisotopic (exact) mass is 832 g/mol. The van der Waals surface area contributed by atoms with Crippen LogP contribution in [0.3, 0.4) is 0 Å². The van der Waals surface area contributed by atoms with E-state index in [1.165, 1.54) is 173 Å². The number of carbonyl (C=O) groups excluding carboxylic acids is 2. The molecule has 6 heteroatoms. The van der Waals surface area contributed by atoms with E-state index in [1.807, 2.05) is 0 Å². The molecule has 59 heavy (non-hydrogen) atoms. The van der Waals surface area contributed by atoms with Crippen LogP contribution in [0, 0.1) is 0 Å². The lowest BCUT2D eigenvalue weighted by Crippen LogP contribution is -2.45. The Morgan fingerprint density at radius 1 is 0.475 bits per heavy atom. The van der Waals surface area contributed by atoms with Crippen LogP contribution in [0.1, 0.15) is 277 Å². The van der Waals surface area contributed by atoms with Crippen molar-refractivity contribution in [3.8, 4) is 0 Å². The van der Waals surface area contributed by atoms with Gasteiger partial charge in [0.1, 0.15) is 0 Å². The van der Waals surface area contributed by atoms with E-state index in [2.05, 4.69) is 43.5 Å². The minimum Gasteiger partial charge on any atom is -0.466 e. The Hall–Kier alpha value is -1.66. The molecule has 0 bridgehead atoms. The van der Waals surface area contributed by atoms with Crippen LogP contribution in [0.15, 0.2) is 24.3 Å². The summed E-state index contributed by atoms with van der Waals surface area (Å²) in [5.74, 6) is -0.0822. The standard InChI is InChI=1S/C53H101NO5/c1-3-5-7-9-11-13-15-17-18-19-20-21-23-25-29-33-37-41-45-51(56)50(49-55)54-52(57)46-42-38-34-30-26-24-28-32-36-40-44-48-59-53(58)47-43-39-35-31-27-22-16-14-12-10-8-6-4-2/h8,10,14,16,50-51,55-56H,3-7,9,11-13,15,17-49H2,1-2H3,(H,54,57)/b10-8-,16-14-. The van der Waals surface area contributed by atoms with Gasteiger partial charge in [0.2, 0.25) is 5.91 Å². The van der Waals surface area contributed by atoms with Gasteiger partial charge in [-0.2, -0.15) is 0 Å². The van der Waals surface area contributed by atoms with Crippen LogP contribution in [0.2, 0.25) is 0 Å². The Balaban J connectivity index is 3.48. The molecule has 0 radical (unpaired) electrons. The minimum atomic E-state index is -0.677. The number of allylic oxidation sites excluding steroid dienone is 4. The maximum absolute atomic E-state index is 12.5. The first kappa shape index (κ1) is 57.3. The van der Waals surface area contributed by atoms with Gasteiger partial charge in [-0.15, -0.1) is 0 Å². The second-order valence-corrected chi connectivity index (χ2v) is 17.9. The lowest BCUT2D eigenvalue weighted by molar-refractivity contribution is -0.143. The van der Waals surface area contributed by atoms with Gasteiger partial charge < -0.3 is 20.3 Å². The van der Waals surface area contributed by atoms with Crippen molar-refractivity contribution in [3.63, 3.8) is 0 Å². The summed E-state index contributed by atoms with van der Waals surface area (Å²) in [6.45, 7) is 4.85. The molecule has 0 fully saturated rings. The van der Waals surface area contributed by atoms with E-state index >= 15 is 0 Å². The van der Waals surface area contributed by atoms with E-state index in [-0.39, 0.29) is 18.5 Å². The van der Waals surface area contributed by atoms with Crippen molar-refractivity contribution in [1.82, 2.24) is 5.32 Å². The van der Waals surface area contributed by atoms with E-state index in [4.69, 9.17) is 4.74 Å². The van der Waals surface area contributed by atoms with Crippen LogP contribution < -0.4 is 5.32 Å². The first-order valence-corrected chi connectivity index (χ1v) is 26.1. The number of aliphatic hydroxyl groups is 2. The molecule has 0 aliphatic rings. The second-order valence-electron chi connectivity index (χ2n) is 17.9. The van der Waals surface area contributed by atoms with Crippen molar-refractivity contribution in [3.05, 3.63) is 24.3 Å². The molecule has 0 aromatic carbocycles. The molecule has 0 aliphatic carbocycles. The number of rotatable bonds is 48. The van der Waals surface area contributed by atoms with Crippen molar-refractivity contribution >= 4 is 11.9 Å². The molecule has 6 nitrogen and oxygen atoms in total. The molecule has 0 saturated heterocycles. The van der Waals surface area contributed by atoms with Gasteiger partial charge in [-0.25, -0.2) is 0 Å². The summed E-state index contributed by atoms with van der Waals surface area (Å²) < 4.78 is 5.44. The molecule has 0 aromatic rings. The molecular weight excluding hydrogens is 731 g/mol. The molecule has 2 unspecified atom stereocenters. The highest BCUT2D eigenvalue weighted by molar-refractivity contribution is 5.76. The van der Waals surface area contributed by atoms with E-state index in [9.17, 15) is 19.8 Å². The predicted octanol–water partition coefficient (Wildman–Crippen LogP) is 15.5. The number of carbonyl (C=O) groups is 2. The van der Waals surface area contributed by atoms with Crippen LogP contribution in [-0.2, 0) is 14.3 Å². The Labute approximate surface area is 367 Å². The van der Waals surface area contributed by atoms with Gasteiger partial charge in [0.15, 0.2) is 0 Å². The average molecular weight is 832 g/mol. The lowest BCUT2D eigenvalue weighted by atomic mass is 10.0. The van der Waals surface area contributed by atoms with E-state index in [1.54, 1.807) is 0 Å². The van der Waals surface area contributed by atoms with Crippen LogP contribution in [0.25, 0.3) is 0 Å². The number of hydrogen-bond acceptors (Lipinski definition) is 5. The van der Waals surface area contributed by atoms with Gasteiger partial charge in [-0.05, 0) is 51.4 Å². The Morgan fingerprint density at radius 2 is 0.881 bits per heavy atom. The molecule has 0 aromatic heterocycles. The molecule has 0 aliphatic heterocycles. The molecule has 3 N–H and O–H groups in total.